The second-order valence-corrected chi connectivity index (χ2v) is 6.55. The van der Waals surface area contributed by atoms with E-state index in [-0.39, 0.29) is 22.7 Å². The van der Waals surface area contributed by atoms with Crippen LogP contribution in [0.1, 0.15) is 37.6 Å². The summed E-state index contributed by atoms with van der Waals surface area (Å²) in [4.78, 5) is 23.0. The fourth-order valence-electron chi connectivity index (χ4n) is 1.72. The Labute approximate surface area is 124 Å². The smallest absolute Gasteiger partial charge is 0.326 e. The lowest BCUT2D eigenvalue weighted by atomic mass is 10.0. The van der Waals surface area contributed by atoms with E-state index < -0.39 is 21.5 Å². The first kappa shape index (κ1) is 17.3. The minimum atomic E-state index is -3.94. The molecule has 0 bridgehead atoms. The van der Waals surface area contributed by atoms with Crippen molar-refractivity contribution in [3.63, 3.8) is 0 Å². The first-order valence-electron chi connectivity index (χ1n) is 6.39. The van der Waals surface area contributed by atoms with E-state index in [9.17, 15) is 18.0 Å². The monoisotopic (exact) mass is 313 g/mol. The maximum Gasteiger partial charge on any atom is 0.326 e. The molecule has 0 fully saturated rings. The van der Waals surface area contributed by atoms with Crippen molar-refractivity contribution in [1.82, 2.24) is 4.72 Å². The van der Waals surface area contributed by atoms with Gasteiger partial charge in [-0.1, -0.05) is 19.1 Å². The Balaban J connectivity index is 3.20. The summed E-state index contributed by atoms with van der Waals surface area (Å²) in [5.41, 5.74) is -1.08. The highest BCUT2D eigenvalue weighted by atomic mass is 32.2. The molecule has 21 heavy (non-hydrogen) atoms. The van der Waals surface area contributed by atoms with Crippen LogP contribution in [0.25, 0.3) is 0 Å². The fraction of sp³-hybridized carbons (Fsp3) is 0.429. The van der Waals surface area contributed by atoms with E-state index in [1.54, 1.807) is 6.92 Å². The van der Waals surface area contributed by atoms with Gasteiger partial charge in [0.15, 0.2) is 5.78 Å². The van der Waals surface area contributed by atoms with Crippen LogP contribution in [0, 0.1) is 0 Å². The van der Waals surface area contributed by atoms with Gasteiger partial charge >= 0.3 is 5.97 Å². The molecule has 116 valence electrons. The molecule has 1 aromatic rings. The second-order valence-electron chi connectivity index (χ2n) is 4.87. The lowest BCUT2D eigenvalue weighted by Gasteiger charge is -2.26. The summed E-state index contributed by atoms with van der Waals surface area (Å²) in [6.07, 6.45) is 0.227. The lowest BCUT2D eigenvalue weighted by Crippen LogP contribution is -2.52. The van der Waals surface area contributed by atoms with Crippen LogP contribution < -0.4 is 4.72 Å². The van der Waals surface area contributed by atoms with Crippen LogP contribution in [0.3, 0.4) is 0 Å². The van der Waals surface area contributed by atoms with Crippen molar-refractivity contribution in [2.45, 2.75) is 37.6 Å². The molecule has 1 rings (SSSR count). The van der Waals surface area contributed by atoms with Crippen molar-refractivity contribution in [3.05, 3.63) is 29.8 Å². The zero-order chi connectivity index (χ0) is 16.3. The Kier molecular flexibility index (Phi) is 5.25. The molecule has 0 aliphatic carbocycles. The van der Waals surface area contributed by atoms with E-state index in [1.165, 1.54) is 45.2 Å². The largest absolute Gasteiger partial charge is 0.468 e. The summed E-state index contributed by atoms with van der Waals surface area (Å²) >= 11 is 0. The van der Waals surface area contributed by atoms with Crippen molar-refractivity contribution >= 4 is 21.8 Å². The molecule has 1 atom stereocenters. The van der Waals surface area contributed by atoms with E-state index in [0.717, 1.165) is 0 Å². The highest BCUT2D eigenvalue weighted by Gasteiger charge is 2.37. The Morgan fingerprint density at radius 2 is 1.95 bits per heavy atom. The van der Waals surface area contributed by atoms with Crippen molar-refractivity contribution in [1.29, 1.82) is 0 Å². The molecule has 0 radical (unpaired) electrons. The zero-order valence-corrected chi connectivity index (χ0v) is 13.3. The first-order valence-corrected chi connectivity index (χ1v) is 7.88. The van der Waals surface area contributed by atoms with E-state index in [4.69, 9.17) is 0 Å². The predicted molar refractivity (Wildman–Crippen MR) is 77.5 cm³/mol. The van der Waals surface area contributed by atoms with Gasteiger partial charge in [-0.25, -0.2) is 8.42 Å². The number of hydrogen-bond acceptors (Lipinski definition) is 5. The van der Waals surface area contributed by atoms with Crippen molar-refractivity contribution < 1.29 is 22.7 Å². The summed E-state index contributed by atoms with van der Waals surface area (Å²) in [6, 6.07) is 5.65. The quantitative estimate of drug-likeness (QED) is 0.635. The van der Waals surface area contributed by atoms with Gasteiger partial charge in [-0.15, -0.1) is 0 Å². The minimum Gasteiger partial charge on any atom is -0.468 e. The summed E-state index contributed by atoms with van der Waals surface area (Å²) < 4.78 is 31.7. The number of carbonyl (C=O) groups is 2. The number of esters is 1. The third-order valence-electron chi connectivity index (χ3n) is 3.25. The van der Waals surface area contributed by atoms with Crippen LogP contribution in [0.15, 0.2) is 29.2 Å². The molecule has 0 aliphatic heterocycles. The summed E-state index contributed by atoms with van der Waals surface area (Å²) in [5.74, 6) is -0.908. The molecular weight excluding hydrogens is 294 g/mol. The molecule has 1 aromatic carbocycles. The van der Waals surface area contributed by atoms with Gasteiger partial charge in [0.25, 0.3) is 0 Å². The standard InChI is InChI=1S/C14H19NO5S/c1-5-14(3,13(17)20-4)15-21(18,19)12-8-6-7-11(9-12)10(2)16/h6-9,15H,5H2,1-4H3/t14-/m1/s1. The SMILES string of the molecule is CC[C@@](C)(NS(=O)(=O)c1cccc(C(C)=O)c1)C(=O)OC. The molecule has 7 heteroatoms. The summed E-state index contributed by atoms with van der Waals surface area (Å²) in [7, 11) is -2.75. The molecule has 0 aromatic heterocycles. The average molecular weight is 313 g/mol. The summed E-state index contributed by atoms with van der Waals surface area (Å²) in [6.45, 7) is 4.47. The van der Waals surface area contributed by atoms with Crippen LogP contribution in [0.2, 0.25) is 0 Å². The van der Waals surface area contributed by atoms with Gasteiger partial charge in [0.05, 0.1) is 12.0 Å². The van der Waals surface area contributed by atoms with Gasteiger partial charge in [-0.2, -0.15) is 4.72 Å². The van der Waals surface area contributed by atoms with E-state index in [1.807, 2.05) is 0 Å². The number of methoxy groups -OCH3 is 1. The average Bonchev–Trinajstić information content (AvgIpc) is 2.45. The van der Waals surface area contributed by atoms with Crippen molar-refractivity contribution in [3.8, 4) is 0 Å². The number of nitrogens with one attached hydrogen (secondary N) is 1. The Bertz CT molecular complexity index is 653. The molecule has 0 saturated heterocycles. The maximum absolute atomic E-state index is 12.4. The van der Waals surface area contributed by atoms with Crippen molar-refractivity contribution in [2.75, 3.05) is 7.11 Å². The number of Topliss-reactive ketones (excluding diaryl/α,β-unsaturated/α-hetero) is 1. The summed E-state index contributed by atoms with van der Waals surface area (Å²) in [5, 5.41) is 0. The minimum absolute atomic E-state index is 0.0706. The Hall–Kier alpha value is -1.73. The predicted octanol–water partition coefficient (Wildman–Crippen LogP) is 1.51. The third-order valence-corrected chi connectivity index (χ3v) is 4.85. The molecule has 0 heterocycles. The third kappa shape index (κ3) is 3.89. The van der Waals surface area contributed by atoms with E-state index in [0.29, 0.717) is 0 Å². The molecular formula is C14H19NO5S. The van der Waals surface area contributed by atoms with Crippen molar-refractivity contribution in [2.24, 2.45) is 0 Å². The van der Waals surface area contributed by atoms with Gasteiger partial charge in [0.2, 0.25) is 10.0 Å². The van der Waals surface area contributed by atoms with Crippen LogP contribution in [-0.2, 0) is 19.6 Å². The molecule has 6 nitrogen and oxygen atoms in total. The Morgan fingerprint density at radius 3 is 2.43 bits per heavy atom. The van der Waals surface area contributed by atoms with Gasteiger partial charge < -0.3 is 4.74 Å². The van der Waals surface area contributed by atoms with E-state index >= 15 is 0 Å². The van der Waals surface area contributed by atoms with Crippen LogP contribution in [0.4, 0.5) is 0 Å². The fourth-order valence-corrected chi connectivity index (χ4v) is 3.20. The number of carbonyl (C=O) groups excluding carboxylic acids is 2. The number of ketones is 1. The Morgan fingerprint density at radius 1 is 1.33 bits per heavy atom. The number of hydrogen-bond donors (Lipinski definition) is 1. The molecule has 1 N–H and O–H groups in total. The molecule has 0 amide bonds. The normalized spacial score (nSPS) is 14.3. The zero-order valence-electron chi connectivity index (χ0n) is 12.5. The number of benzene rings is 1. The number of ether oxygens (including phenoxy) is 1. The van der Waals surface area contributed by atoms with Crippen LogP contribution >= 0.6 is 0 Å². The van der Waals surface area contributed by atoms with E-state index in [2.05, 4.69) is 9.46 Å². The van der Waals surface area contributed by atoms with Crippen LogP contribution in [-0.4, -0.2) is 32.8 Å². The topological polar surface area (TPSA) is 89.5 Å². The second kappa shape index (κ2) is 6.36. The number of sulfonamides is 1. The first-order chi connectivity index (χ1) is 9.66. The van der Waals surface area contributed by atoms with Crippen LogP contribution in [0.5, 0.6) is 0 Å². The van der Waals surface area contributed by atoms with Gasteiger partial charge in [-0.3, -0.25) is 9.59 Å². The highest BCUT2D eigenvalue weighted by Crippen LogP contribution is 2.18. The maximum atomic E-state index is 12.4. The lowest BCUT2D eigenvalue weighted by molar-refractivity contribution is -0.147. The van der Waals surface area contributed by atoms with Gasteiger partial charge in [0, 0.05) is 5.56 Å². The van der Waals surface area contributed by atoms with Gasteiger partial charge in [0.1, 0.15) is 5.54 Å². The molecule has 0 saturated carbocycles. The number of rotatable bonds is 6. The molecule has 0 unspecified atom stereocenters. The molecule has 0 aliphatic rings. The van der Waals surface area contributed by atoms with Gasteiger partial charge in [-0.05, 0) is 32.4 Å². The highest BCUT2D eigenvalue weighted by molar-refractivity contribution is 7.89. The molecule has 0 spiro atoms.